The molecule has 0 saturated carbocycles. The molecule has 4 N–H and O–H groups in total. The zero-order valence-electron chi connectivity index (χ0n) is 10.1. The van der Waals surface area contributed by atoms with E-state index in [-0.39, 0.29) is 6.61 Å². The van der Waals surface area contributed by atoms with Gasteiger partial charge in [-0.25, -0.2) is 9.97 Å². The number of nitrogen functional groups attached to an aromatic ring is 1. The average molecular weight is 249 g/mol. The molecule has 0 bridgehead atoms. The van der Waals surface area contributed by atoms with Gasteiger partial charge in [0.2, 0.25) is 11.9 Å². The zero-order valence-corrected chi connectivity index (χ0v) is 10.1. The summed E-state index contributed by atoms with van der Waals surface area (Å²) in [5.41, 5.74) is 13.1. The summed E-state index contributed by atoms with van der Waals surface area (Å²) in [6.07, 6.45) is 0. The topological polar surface area (TPSA) is 109 Å². The Kier molecular flexibility index (Phi) is 3.42. The van der Waals surface area contributed by atoms with Gasteiger partial charge in [-0.05, 0) is 19.1 Å². The second kappa shape index (κ2) is 5.01. The fourth-order valence-corrected chi connectivity index (χ4v) is 1.66. The maximum absolute atomic E-state index is 10.5. The first-order valence-corrected chi connectivity index (χ1v) is 5.53. The molecule has 2 rings (SSSR count). The molecule has 0 aliphatic rings. The molecule has 1 amide bonds. The first-order chi connectivity index (χ1) is 8.58. The molecule has 0 spiro atoms. The summed E-state index contributed by atoms with van der Waals surface area (Å²) in [5, 5.41) is 0. The van der Waals surface area contributed by atoms with Gasteiger partial charge < -0.3 is 16.2 Å². The molecule has 0 radical (unpaired) electrons. The van der Waals surface area contributed by atoms with Gasteiger partial charge in [-0.15, -0.1) is 0 Å². The van der Waals surface area contributed by atoms with Crippen LogP contribution in [0.4, 0.5) is 5.95 Å². The number of carbonyl (C=O) groups excluding carboxylic acids is 1. The summed E-state index contributed by atoms with van der Waals surface area (Å²) in [5.74, 6) is -0.113. The lowest BCUT2D eigenvalue weighted by molar-refractivity contribution is -0.122. The predicted molar refractivity (Wildman–Crippen MR) is 66.7 cm³/mol. The van der Waals surface area contributed by atoms with E-state index in [1.54, 1.807) is 4.57 Å². The Hall–Kier alpha value is -2.15. The van der Waals surface area contributed by atoms with E-state index < -0.39 is 5.91 Å². The van der Waals surface area contributed by atoms with Crippen LogP contribution in [0.5, 0.6) is 0 Å². The third-order valence-electron chi connectivity index (χ3n) is 2.46. The number of nitrogens with two attached hydrogens (primary N) is 2. The summed E-state index contributed by atoms with van der Waals surface area (Å²) in [7, 11) is 0. The lowest BCUT2D eigenvalue weighted by atomic mass is 10.3. The molecule has 0 unspecified atom stereocenters. The number of aryl methyl sites for hydroxylation is 1. The Morgan fingerprint density at radius 1 is 1.44 bits per heavy atom. The third-order valence-corrected chi connectivity index (χ3v) is 2.46. The van der Waals surface area contributed by atoms with Crippen LogP contribution in [-0.2, 0) is 16.1 Å². The number of rotatable bonds is 5. The zero-order chi connectivity index (χ0) is 13.1. The van der Waals surface area contributed by atoms with Gasteiger partial charge in [0.25, 0.3) is 0 Å². The Bertz CT molecular complexity index is 578. The summed E-state index contributed by atoms with van der Waals surface area (Å²) in [6.45, 7) is 2.61. The third kappa shape index (κ3) is 2.57. The van der Waals surface area contributed by atoms with Crippen LogP contribution in [0.3, 0.4) is 0 Å². The molecule has 96 valence electrons. The van der Waals surface area contributed by atoms with Crippen LogP contribution in [0.15, 0.2) is 12.1 Å². The van der Waals surface area contributed by atoms with Crippen LogP contribution in [0.1, 0.15) is 5.69 Å². The van der Waals surface area contributed by atoms with Crippen LogP contribution >= 0.6 is 0 Å². The number of anilines is 1. The number of hydrogen-bond acceptors (Lipinski definition) is 5. The second-order valence-electron chi connectivity index (χ2n) is 3.94. The monoisotopic (exact) mass is 249 g/mol. The van der Waals surface area contributed by atoms with Crippen molar-refractivity contribution in [1.82, 2.24) is 14.5 Å². The Balaban J connectivity index is 2.14. The molecule has 0 aliphatic carbocycles. The van der Waals surface area contributed by atoms with Gasteiger partial charge in [0.1, 0.15) is 12.1 Å². The standard InChI is InChI=1S/C11H15N5O2/c1-7-2-3-8-10(14-7)16(11(13)15-8)4-5-18-6-9(12)17/h2-3H,4-6H2,1H3,(H2,12,17)(H2,13,15). The number of amides is 1. The van der Waals surface area contributed by atoms with E-state index in [1.807, 2.05) is 19.1 Å². The van der Waals surface area contributed by atoms with E-state index in [2.05, 4.69) is 9.97 Å². The molecule has 0 atom stereocenters. The predicted octanol–water partition coefficient (Wildman–Crippen LogP) is -0.176. The highest BCUT2D eigenvalue weighted by Gasteiger charge is 2.09. The number of pyridine rings is 1. The number of primary amides is 1. The SMILES string of the molecule is Cc1ccc2nc(N)n(CCOCC(N)=O)c2n1. The minimum absolute atomic E-state index is 0.0982. The fourth-order valence-electron chi connectivity index (χ4n) is 1.66. The van der Waals surface area contributed by atoms with Crippen LogP contribution in [0.25, 0.3) is 11.2 Å². The minimum Gasteiger partial charge on any atom is -0.370 e. The smallest absolute Gasteiger partial charge is 0.243 e. The molecule has 2 heterocycles. The van der Waals surface area contributed by atoms with Crippen molar-refractivity contribution in [3.8, 4) is 0 Å². The summed E-state index contributed by atoms with van der Waals surface area (Å²) in [4.78, 5) is 19.1. The lowest BCUT2D eigenvalue weighted by Crippen LogP contribution is -2.20. The fraction of sp³-hybridized carbons (Fsp3) is 0.364. The number of imidazole rings is 1. The van der Waals surface area contributed by atoms with Crippen LogP contribution in [0, 0.1) is 6.92 Å². The Morgan fingerprint density at radius 3 is 2.94 bits per heavy atom. The van der Waals surface area contributed by atoms with E-state index in [0.29, 0.717) is 19.1 Å². The van der Waals surface area contributed by atoms with Crippen LogP contribution in [-0.4, -0.2) is 33.7 Å². The molecule has 2 aromatic rings. The molecule has 7 heteroatoms. The van der Waals surface area contributed by atoms with Crippen LogP contribution in [0.2, 0.25) is 0 Å². The second-order valence-corrected chi connectivity index (χ2v) is 3.94. The van der Waals surface area contributed by atoms with Crippen molar-refractivity contribution in [3.63, 3.8) is 0 Å². The van der Waals surface area contributed by atoms with Gasteiger partial charge in [-0.1, -0.05) is 0 Å². The van der Waals surface area contributed by atoms with Gasteiger partial charge in [-0.2, -0.15) is 0 Å². The molecular weight excluding hydrogens is 234 g/mol. The van der Waals surface area contributed by atoms with E-state index in [9.17, 15) is 4.79 Å². The summed E-state index contributed by atoms with van der Waals surface area (Å²) < 4.78 is 6.85. The summed E-state index contributed by atoms with van der Waals surface area (Å²) in [6, 6.07) is 3.75. The average Bonchev–Trinajstić information content (AvgIpc) is 2.60. The molecule has 7 nitrogen and oxygen atoms in total. The molecule has 2 aromatic heterocycles. The van der Waals surface area contributed by atoms with E-state index in [0.717, 1.165) is 16.9 Å². The number of aromatic nitrogens is 3. The van der Waals surface area contributed by atoms with Gasteiger partial charge in [0.05, 0.1) is 13.2 Å². The van der Waals surface area contributed by atoms with Crippen molar-refractivity contribution in [1.29, 1.82) is 0 Å². The van der Waals surface area contributed by atoms with Crippen molar-refractivity contribution in [2.24, 2.45) is 5.73 Å². The highest BCUT2D eigenvalue weighted by atomic mass is 16.5. The van der Waals surface area contributed by atoms with Crippen molar-refractivity contribution < 1.29 is 9.53 Å². The number of carbonyl (C=O) groups is 1. The summed E-state index contributed by atoms with van der Waals surface area (Å²) >= 11 is 0. The largest absolute Gasteiger partial charge is 0.370 e. The Labute approximate surface area is 104 Å². The number of nitrogens with zero attached hydrogens (tertiary/aromatic N) is 3. The van der Waals surface area contributed by atoms with Gasteiger partial charge in [0.15, 0.2) is 5.65 Å². The number of fused-ring (bicyclic) bond motifs is 1. The highest BCUT2D eigenvalue weighted by molar-refractivity contribution is 5.75. The maximum atomic E-state index is 10.5. The number of hydrogen-bond donors (Lipinski definition) is 2. The Morgan fingerprint density at radius 2 is 2.22 bits per heavy atom. The van der Waals surface area contributed by atoms with Crippen molar-refractivity contribution >= 4 is 23.0 Å². The van der Waals surface area contributed by atoms with Gasteiger partial charge >= 0.3 is 0 Å². The maximum Gasteiger partial charge on any atom is 0.243 e. The molecule has 18 heavy (non-hydrogen) atoms. The van der Waals surface area contributed by atoms with E-state index >= 15 is 0 Å². The molecular formula is C11H15N5O2. The normalized spacial score (nSPS) is 10.9. The first-order valence-electron chi connectivity index (χ1n) is 5.53. The minimum atomic E-state index is -0.493. The van der Waals surface area contributed by atoms with Crippen molar-refractivity contribution in [3.05, 3.63) is 17.8 Å². The van der Waals surface area contributed by atoms with Gasteiger partial charge in [0, 0.05) is 5.69 Å². The molecule has 0 aliphatic heterocycles. The molecule has 0 aromatic carbocycles. The van der Waals surface area contributed by atoms with Crippen molar-refractivity contribution in [2.45, 2.75) is 13.5 Å². The first kappa shape index (κ1) is 12.3. The van der Waals surface area contributed by atoms with E-state index in [1.165, 1.54) is 0 Å². The highest BCUT2D eigenvalue weighted by Crippen LogP contribution is 2.15. The quantitative estimate of drug-likeness (QED) is 0.715. The number of ether oxygens (including phenoxy) is 1. The molecule has 0 fully saturated rings. The van der Waals surface area contributed by atoms with E-state index in [4.69, 9.17) is 16.2 Å². The van der Waals surface area contributed by atoms with Crippen LogP contribution < -0.4 is 11.5 Å². The molecule has 0 saturated heterocycles. The lowest BCUT2D eigenvalue weighted by Gasteiger charge is -2.06. The van der Waals surface area contributed by atoms with Gasteiger partial charge in [-0.3, -0.25) is 9.36 Å². The van der Waals surface area contributed by atoms with Crippen molar-refractivity contribution in [2.75, 3.05) is 18.9 Å².